The average Bonchev–Trinajstić information content (AvgIpc) is 2.36. The van der Waals surface area contributed by atoms with Gasteiger partial charge in [-0.25, -0.2) is 0 Å². The van der Waals surface area contributed by atoms with Crippen molar-refractivity contribution in [2.24, 2.45) is 0 Å². The summed E-state index contributed by atoms with van der Waals surface area (Å²) in [5.74, 6) is -0.402. The van der Waals surface area contributed by atoms with E-state index in [1.54, 1.807) is 25.3 Å². The molecule has 0 unspecified atom stereocenters. The Kier molecular flexibility index (Phi) is 4.92. The third-order valence-electron chi connectivity index (χ3n) is 2.82. The quantitative estimate of drug-likeness (QED) is 0.884. The van der Waals surface area contributed by atoms with Crippen molar-refractivity contribution in [2.45, 2.75) is 19.8 Å². The number of hydrogen-bond acceptors (Lipinski definition) is 3. The van der Waals surface area contributed by atoms with Gasteiger partial charge in [0.25, 0.3) is 5.91 Å². The first-order chi connectivity index (χ1) is 8.86. The lowest BCUT2D eigenvalue weighted by molar-refractivity contribution is -0.137. The van der Waals surface area contributed by atoms with E-state index in [1.807, 2.05) is 13.8 Å². The highest BCUT2D eigenvalue weighted by Gasteiger charge is 2.17. The van der Waals surface area contributed by atoms with Crippen LogP contribution in [-0.2, 0) is 4.79 Å². The number of hydrogen-bond donors (Lipinski definition) is 1. The summed E-state index contributed by atoms with van der Waals surface area (Å²) >= 11 is 0. The molecule has 0 saturated heterocycles. The van der Waals surface area contributed by atoms with Crippen LogP contribution in [0.4, 0.5) is 0 Å². The molecule has 0 aliphatic carbocycles. The zero-order valence-corrected chi connectivity index (χ0v) is 11.6. The Morgan fingerprint density at radius 1 is 1.37 bits per heavy atom. The molecule has 5 heteroatoms. The van der Waals surface area contributed by atoms with Crippen LogP contribution in [0.2, 0.25) is 0 Å². The highest BCUT2D eigenvalue weighted by Crippen LogP contribution is 2.27. The smallest absolute Gasteiger partial charge is 0.323 e. The average molecular weight is 265 g/mol. The number of carbonyl (C=O) groups is 2. The fraction of sp³-hybridized carbons (Fsp3) is 0.429. The molecular formula is C14H19NO4. The zero-order valence-electron chi connectivity index (χ0n) is 11.6. The molecule has 0 aliphatic heterocycles. The molecule has 0 heterocycles. The van der Waals surface area contributed by atoms with Crippen LogP contribution in [0.15, 0.2) is 18.2 Å². The summed E-state index contributed by atoms with van der Waals surface area (Å²) in [6.45, 7) is 3.70. The van der Waals surface area contributed by atoms with Crippen LogP contribution in [-0.4, -0.2) is 42.6 Å². The van der Waals surface area contributed by atoms with E-state index in [1.165, 1.54) is 11.9 Å². The summed E-state index contributed by atoms with van der Waals surface area (Å²) in [5.41, 5.74) is 1.39. The van der Waals surface area contributed by atoms with Gasteiger partial charge in [-0.15, -0.1) is 0 Å². The number of likely N-dealkylation sites (N-methyl/N-ethyl adjacent to an activating group) is 1. The second-order valence-electron chi connectivity index (χ2n) is 4.67. The maximum absolute atomic E-state index is 12.1. The topological polar surface area (TPSA) is 66.8 Å². The number of methoxy groups -OCH3 is 1. The van der Waals surface area contributed by atoms with Crippen molar-refractivity contribution in [3.63, 3.8) is 0 Å². The largest absolute Gasteiger partial charge is 0.496 e. The van der Waals surface area contributed by atoms with Gasteiger partial charge in [0.05, 0.1) is 7.11 Å². The van der Waals surface area contributed by atoms with Crippen LogP contribution in [0.3, 0.4) is 0 Å². The Morgan fingerprint density at radius 2 is 2.00 bits per heavy atom. The molecule has 1 amide bonds. The highest BCUT2D eigenvalue weighted by atomic mass is 16.5. The van der Waals surface area contributed by atoms with Crippen LogP contribution in [0, 0.1) is 0 Å². The van der Waals surface area contributed by atoms with Crippen molar-refractivity contribution in [3.05, 3.63) is 29.3 Å². The van der Waals surface area contributed by atoms with Gasteiger partial charge in [-0.05, 0) is 29.7 Å². The lowest BCUT2D eigenvalue weighted by Gasteiger charge is -2.17. The number of carboxylic acid groups (broad SMARTS) is 1. The van der Waals surface area contributed by atoms with E-state index in [2.05, 4.69) is 0 Å². The SMILES string of the molecule is COc1ccc(C(=O)N(C)CC(=O)O)cc1C(C)C. The maximum Gasteiger partial charge on any atom is 0.323 e. The van der Waals surface area contributed by atoms with Crippen LogP contribution in [0.1, 0.15) is 35.7 Å². The Hall–Kier alpha value is -2.04. The Balaban J connectivity index is 3.04. The third-order valence-corrected chi connectivity index (χ3v) is 2.82. The number of carbonyl (C=O) groups excluding carboxylic acids is 1. The summed E-state index contributed by atoms with van der Waals surface area (Å²) < 4.78 is 5.25. The van der Waals surface area contributed by atoms with Crippen molar-refractivity contribution < 1.29 is 19.4 Å². The summed E-state index contributed by atoms with van der Waals surface area (Å²) in [4.78, 5) is 23.9. The van der Waals surface area contributed by atoms with Crippen LogP contribution in [0.25, 0.3) is 0 Å². The number of aliphatic carboxylic acids is 1. The normalized spacial score (nSPS) is 10.4. The van der Waals surface area contributed by atoms with Crippen LogP contribution in [0.5, 0.6) is 5.75 Å². The molecular weight excluding hydrogens is 246 g/mol. The molecule has 0 fully saturated rings. The summed E-state index contributed by atoms with van der Waals surface area (Å²) in [7, 11) is 3.05. The van der Waals surface area contributed by atoms with Crippen LogP contribution < -0.4 is 4.74 Å². The fourth-order valence-corrected chi connectivity index (χ4v) is 1.81. The second kappa shape index (κ2) is 6.22. The molecule has 1 aromatic rings. The number of rotatable bonds is 5. The van der Waals surface area contributed by atoms with Gasteiger partial charge >= 0.3 is 5.97 Å². The van der Waals surface area contributed by atoms with Crippen molar-refractivity contribution in [1.29, 1.82) is 0 Å². The van der Waals surface area contributed by atoms with Crippen LogP contribution >= 0.6 is 0 Å². The monoisotopic (exact) mass is 265 g/mol. The molecule has 0 bridgehead atoms. The Bertz CT molecular complexity index is 482. The minimum atomic E-state index is -1.03. The van der Waals surface area contributed by atoms with E-state index in [-0.39, 0.29) is 18.4 Å². The number of carboxylic acids is 1. The molecule has 104 valence electrons. The van der Waals surface area contributed by atoms with E-state index < -0.39 is 5.97 Å². The first kappa shape index (κ1) is 15.0. The first-order valence-corrected chi connectivity index (χ1v) is 6.02. The molecule has 0 atom stereocenters. The van der Waals surface area contributed by atoms with Crippen molar-refractivity contribution in [2.75, 3.05) is 20.7 Å². The summed E-state index contributed by atoms with van der Waals surface area (Å²) in [5, 5.41) is 8.69. The maximum atomic E-state index is 12.1. The van der Waals surface area contributed by atoms with E-state index in [0.29, 0.717) is 5.56 Å². The van der Waals surface area contributed by atoms with Gasteiger partial charge in [0.15, 0.2) is 0 Å². The molecule has 0 saturated carbocycles. The predicted octanol–water partition coefficient (Wildman–Crippen LogP) is 1.98. The van der Waals surface area contributed by atoms with Gasteiger partial charge in [0, 0.05) is 12.6 Å². The number of nitrogens with zero attached hydrogens (tertiary/aromatic N) is 1. The summed E-state index contributed by atoms with van der Waals surface area (Å²) in [6.07, 6.45) is 0. The molecule has 5 nitrogen and oxygen atoms in total. The Labute approximate surface area is 112 Å². The standard InChI is InChI=1S/C14H19NO4/c1-9(2)11-7-10(5-6-12(11)19-4)14(18)15(3)8-13(16)17/h5-7,9H,8H2,1-4H3,(H,16,17). The molecule has 1 rings (SSSR count). The number of amides is 1. The summed E-state index contributed by atoms with van der Waals surface area (Å²) in [6, 6.07) is 5.13. The van der Waals surface area contributed by atoms with Gasteiger partial charge in [0.1, 0.15) is 12.3 Å². The van der Waals surface area contributed by atoms with E-state index in [4.69, 9.17) is 9.84 Å². The minimum absolute atomic E-state index is 0.215. The highest BCUT2D eigenvalue weighted by molar-refractivity contribution is 5.96. The molecule has 1 aromatic carbocycles. The minimum Gasteiger partial charge on any atom is -0.496 e. The van der Waals surface area contributed by atoms with Gasteiger partial charge in [0.2, 0.25) is 0 Å². The van der Waals surface area contributed by atoms with Crippen molar-refractivity contribution in [3.8, 4) is 5.75 Å². The molecule has 0 radical (unpaired) electrons. The fourth-order valence-electron chi connectivity index (χ4n) is 1.81. The number of ether oxygens (including phenoxy) is 1. The van der Waals surface area contributed by atoms with E-state index in [9.17, 15) is 9.59 Å². The second-order valence-corrected chi connectivity index (χ2v) is 4.67. The predicted molar refractivity (Wildman–Crippen MR) is 71.7 cm³/mol. The van der Waals surface area contributed by atoms with Crippen molar-refractivity contribution >= 4 is 11.9 Å². The lowest BCUT2D eigenvalue weighted by Crippen LogP contribution is -2.32. The molecule has 19 heavy (non-hydrogen) atoms. The lowest BCUT2D eigenvalue weighted by atomic mass is 9.99. The van der Waals surface area contributed by atoms with Gasteiger partial charge < -0.3 is 14.7 Å². The zero-order chi connectivity index (χ0) is 14.6. The van der Waals surface area contributed by atoms with Gasteiger partial charge in [-0.3, -0.25) is 9.59 Å². The third kappa shape index (κ3) is 3.71. The molecule has 0 spiro atoms. The molecule has 0 aliphatic rings. The Morgan fingerprint density at radius 3 is 2.47 bits per heavy atom. The van der Waals surface area contributed by atoms with E-state index in [0.717, 1.165) is 11.3 Å². The van der Waals surface area contributed by atoms with Crippen molar-refractivity contribution in [1.82, 2.24) is 4.90 Å². The first-order valence-electron chi connectivity index (χ1n) is 6.02. The van der Waals surface area contributed by atoms with Gasteiger partial charge in [-0.2, -0.15) is 0 Å². The molecule has 0 aromatic heterocycles. The number of benzene rings is 1. The van der Waals surface area contributed by atoms with E-state index >= 15 is 0 Å². The van der Waals surface area contributed by atoms with Gasteiger partial charge in [-0.1, -0.05) is 13.8 Å². The molecule has 1 N–H and O–H groups in total.